The molecule has 0 spiro atoms. The molecule has 1 aromatic carbocycles. The number of rotatable bonds is 6. The quantitative estimate of drug-likeness (QED) is 0.346. The fourth-order valence-electron chi connectivity index (χ4n) is 6.42. The second-order valence-corrected chi connectivity index (χ2v) is 11.7. The van der Waals surface area contributed by atoms with Crippen LogP contribution in [0.4, 0.5) is 17.6 Å². The normalized spacial score (nSPS) is 26.5. The number of carbonyl (C=O) groups excluding carboxylic acids is 1. The summed E-state index contributed by atoms with van der Waals surface area (Å²) in [6.45, 7) is 2.04. The monoisotopic (exact) mass is 523 g/mol. The molecular formula is C27H33F4N3OS. The fourth-order valence-corrected chi connectivity index (χ4v) is 7.21. The number of benzene rings is 1. The maximum Gasteiger partial charge on any atom is 0.416 e. The molecule has 1 saturated heterocycles. The molecule has 0 radical (unpaired) electrons. The van der Waals surface area contributed by atoms with Gasteiger partial charge in [-0.3, -0.25) is 9.78 Å². The summed E-state index contributed by atoms with van der Waals surface area (Å²) in [7, 11) is 0. The number of carbonyl (C=O) groups is 1. The fraction of sp³-hybridized carbons (Fsp3) is 0.630. The Morgan fingerprint density at radius 2 is 1.86 bits per heavy atom. The molecule has 3 aliphatic rings. The van der Waals surface area contributed by atoms with Gasteiger partial charge in [-0.2, -0.15) is 13.2 Å². The summed E-state index contributed by atoms with van der Waals surface area (Å²) < 4.78 is 53.1. The Kier molecular flexibility index (Phi) is 7.41. The summed E-state index contributed by atoms with van der Waals surface area (Å²) in [5.74, 6) is -0.0853. The molecule has 2 heterocycles. The van der Waals surface area contributed by atoms with Crippen LogP contribution in [0.25, 0.3) is 0 Å². The minimum atomic E-state index is -4.62. The van der Waals surface area contributed by atoms with Crippen LogP contribution in [0.3, 0.4) is 0 Å². The third kappa shape index (κ3) is 5.62. The lowest BCUT2D eigenvalue weighted by Gasteiger charge is -2.37. The van der Waals surface area contributed by atoms with Crippen molar-refractivity contribution < 1.29 is 22.4 Å². The van der Waals surface area contributed by atoms with Gasteiger partial charge < -0.3 is 10.2 Å². The lowest BCUT2D eigenvalue weighted by Crippen LogP contribution is -2.43. The van der Waals surface area contributed by atoms with Crippen LogP contribution in [0.2, 0.25) is 0 Å². The van der Waals surface area contributed by atoms with Gasteiger partial charge in [-0.05, 0) is 100 Å². The summed E-state index contributed by atoms with van der Waals surface area (Å²) in [6, 6.07) is 2.95. The summed E-state index contributed by atoms with van der Waals surface area (Å²) >= 11 is 1.74. The number of aromatic nitrogens is 1. The van der Waals surface area contributed by atoms with E-state index < -0.39 is 23.0 Å². The Balaban J connectivity index is 1.20. The van der Waals surface area contributed by atoms with Crippen molar-refractivity contribution in [1.82, 2.24) is 15.2 Å². The number of hydrogen-bond acceptors (Lipinski definition) is 4. The predicted molar refractivity (Wildman–Crippen MR) is 131 cm³/mol. The Labute approximate surface area is 213 Å². The highest BCUT2D eigenvalue weighted by Gasteiger charge is 2.51. The number of halogens is 4. The van der Waals surface area contributed by atoms with E-state index in [9.17, 15) is 22.4 Å². The molecule has 36 heavy (non-hydrogen) atoms. The Bertz CT molecular complexity index is 1050. The SMILES string of the molecule is O=C(NCc1cc(F)cc(C(F)(F)F)c1)[C@]1(C2CC2)CCCC(N2CCC(c3cncs3)CC2)CC1. The predicted octanol–water partition coefficient (Wildman–Crippen LogP) is 6.53. The van der Waals surface area contributed by atoms with E-state index in [1.165, 1.54) is 4.88 Å². The van der Waals surface area contributed by atoms with Crippen molar-refractivity contribution in [1.29, 1.82) is 0 Å². The lowest BCUT2D eigenvalue weighted by molar-refractivity contribution is -0.137. The standard InChI is InChI=1S/C27H33F4N3OS/c28-22-13-18(12-21(14-22)27(29,30)31)15-33-25(35)26(20-3-4-20)8-1-2-23(5-9-26)34-10-6-19(7-11-34)24-16-32-17-36-24/h12-14,16-17,19-20,23H,1-11,15H2,(H,33,35)/t23?,26-/m1/s1. The van der Waals surface area contributed by atoms with E-state index in [1.54, 1.807) is 11.3 Å². The van der Waals surface area contributed by atoms with Gasteiger partial charge in [0.05, 0.1) is 16.5 Å². The molecule has 1 N–H and O–H groups in total. The third-order valence-electron chi connectivity index (χ3n) is 8.53. The van der Waals surface area contributed by atoms with Crippen molar-refractivity contribution >= 4 is 17.2 Å². The maximum atomic E-state index is 13.8. The largest absolute Gasteiger partial charge is 0.416 e. The molecule has 5 rings (SSSR count). The molecule has 2 saturated carbocycles. The zero-order valence-corrected chi connectivity index (χ0v) is 21.1. The Morgan fingerprint density at radius 3 is 2.53 bits per heavy atom. The van der Waals surface area contributed by atoms with E-state index >= 15 is 0 Å². The van der Waals surface area contributed by atoms with Crippen molar-refractivity contribution in [3.05, 3.63) is 51.7 Å². The van der Waals surface area contributed by atoms with Crippen LogP contribution >= 0.6 is 11.3 Å². The average molecular weight is 524 g/mol. The molecule has 9 heteroatoms. The molecule has 3 fully saturated rings. The zero-order valence-electron chi connectivity index (χ0n) is 20.3. The maximum absolute atomic E-state index is 13.8. The first-order chi connectivity index (χ1) is 17.2. The van der Waals surface area contributed by atoms with Crippen LogP contribution in [0.1, 0.15) is 79.7 Å². The van der Waals surface area contributed by atoms with Crippen molar-refractivity contribution in [3.8, 4) is 0 Å². The number of alkyl halides is 3. The number of thiazole rings is 1. The van der Waals surface area contributed by atoms with Gasteiger partial charge in [0, 0.05) is 23.7 Å². The number of hydrogen-bond donors (Lipinski definition) is 1. The topological polar surface area (TPSA) is 45.2 Å². The Morgan fingerprint density at radius 1 is 1.08 bits per heavy atom. The van der Waals surface area contributed by atoms with E-state index in [4.69, 9.17) is 0 Å². The first kappa shape index (κ1) is 25.6. The van der Waals surface area contributed by atoms with E-state index in [1.807, 2.05) is 11.7 Å². The van der Waals surface area contributed by atoms with Gasteiger partial charge in [0.15, 0.2) is 0 Å². The molecule has 2 aliphatic carbocycles. The van der Waals surface area contributed by atoms with Gasteiger partial charge in [-0.25, -0.2) is 4.39 Å². The lowest BCUT2D eigenvalue weighted by atomic mass is 9.74. The highest BCUT2D eigenvalue weighted by Crippen LogP contribution is 2.53. The minimum Gasteiger partial charge on any atom is -0.352 e. The summed E-state index contributed by atoms with van der Waals surface area (Å²) in [6.07, 6.45) is 6.33. The van der Waals surface area contributed by atoms with Crippen LogP contribution in [0.15, 0.2) is 29.9 Å². The second kappa shape index (κ2) is 10.4. The van der Waals surface area contributed by atoms with E-state index in [0.29, 0.717) is 23.9 Å². The van der Waals surface area contributed by atoms with Crippen molar-refractivity contribution in [2.24, 2.45) is 11.3 Å². The van der Waals surface area contributed by atoms with Crippen molar-refractivity contribution in [3.63, 3.8) is 0 Å². The van der Waals surface area contributed by atoms with Gasteiger partial charge >= 0.3 is 6.18 Å². The molecule has 0 bridgehead atoms. The van der Waals surface area contributed by atoms with E-state index in [2.05, 4.69) is 15.2 Å². The highest BCUT2D eigenvalue weighted by atomic mass is 32.1. The number of likely N-dealkylation sites (tertiary alicyclic amines) is 1. The summed E-state index contributed by atoms with van der Waals surface area (Å²) in [4.78, 5) is 21.7. The third-order valence-corrected chi connectivity index (χ3v) is 9.47. The molecule has 4 nitrogen and oxygen atoms in total. The number of piperidine rings is 1. The van der Waals surface area contributed by atoms with Gasteiger partial charge in [0.25, 0.3) is 0 Å². The van der Waals surface area contributed by atoms with Crippen LogP contribution in [-0.2, 0) is 17.5 Å². The van der Waals surface area contributed by atoms with Gasteiger partial charge in [0.1, 0.15) is 5.82 Å². The molecule has 196 valence electrons. The zero-order chi connectivity index (χ0) is 25.3. The molecule has 2 atom stereocenters. The summed E-state index contributed by atoms with van der Waals surface area (Å²) in [5.41, 5.74) is 0.548. The van der Waals surface area contributed by atoms with E-state index in [0.717, 1.165) is 83.0 Å². The first-order valence-electron chi connectivity index (χ1n) is 13.0. The second-order valence-electron chi connectivity index (χ2n) is 10.8. The minimum absolute atomic E-state index is 0.0765. The van der Waals surface area contributed by atoms with Crippen LogP contribution in [-0.4, -0.2) is 34.9 Å². The average Bonchev–Trinajstić information content (AvgIpc) is 3.61. The number of nitrogens with zero attached hydrogens (tertiary/aromatic N) is 2. The highest BCUT2D eigenvalue weighted by molar-refractivity contribution is 7.09. The van der Waals surface area contributed by atoms with Crippen molar-refractivity contribution in [2.45, 2.75) is 82.5 Å². The van der Waals surface area contributed by atoms with Gasteiger partial charge in [-0.1, -0.05) is 6.42 Å². The smallest absolute Gasteiger partial charge is 0.352 e. The molecule has 1 amide bonds. The molecule has 2 aromatic rings. The molecule has 1 aromatic heterocycles. The van der Waals surface area contributed by atoms with Crippen molar-refractivity contribution in [2.75, 3.05) is 13.1 Å². The van der Waals surface area contributed by atoms with Crippen LogP contribution < -0.4 is 5.32 Å². The van der Waals surface area contributed by atoms with Crippen LogP contribution in [0.5, 0.6) is 0 Å². The molecule has 1 unspecified atom stereocenters. The van der Waals surface area contributed by atoms with Gasteiger partial charge in [0.2, 0.25) is 5.91 Å². The Hall–Kier alpha value is -2.00. The molecule has 1 aliphatic heterocycles. The van der Waals surface area contributed by atoms with E-state index in [-0.39, 0.29) is 18.0 Å². The summed E-state index contributed by atoms with van der Waals surface area (Å²) in [5, 5.41) is 2.89. The number of amides is 1. The number of nitrogens with one attached hydrogen (secondary N) is 1. The van der Waals surface area contributed by atoms with Crippen LogP contribution in [0, 0.1) is 17.2 Å². The van der Waals surface area contributed by atoms with Gasteiger partial charge in [-0.15, -0.1) is 11.3 Å². The first-order valence-corrected chi connectivity index (χ1v) is 13.9. The molecular weight excluding hydrogens is 490 g/mol.